The van der Waals surface area contributed by atoms with Crippen LogP contribution in [0.3, 0.4) is 0 Å². The van der Waals surface area contributed by atoms with E-state index in [-0.39, 0.29) is 5.82 Å². The molecule has 1 N–H and O–H groups in total. The molecule has 4 heteroatoms. The Labute approximate surface area is 139 Å². The normalized spacial score (nSPS) is 14.5. The Morgan fingerprint density at radius 2 is 1.96 bits per heavy atom. The summed E-state index contributed by atoms with van der Waals surface area (Å²) in [5, 5.41) is 5.24. The molecule has 118 valence electrons. The second-order valence-electron chi connectivity index (χ2n) is 6.15. The summed E-state index contributed by atoms with van der Waals surface area (Å²) in [6, 6.07) is 13.8. The van der Waals surface area contributed by atoms with Crippen molar-refractivity contribution in [1.82, 2.24) is 9.88 Å². The van der Waals surface area contributed by atoms with Crippen LogP contribution in [-0.4, -0.2) is 10.6 Å². The van der Waals surface area contributed by atoms with Gasteiger partial charge in [0, 0.05) is 40.3 Å². The Hall–Kier alpha value is -1.84. The van der Waals surface area contributed by atoms with Crippen molar-refractivity contribution in [2.24, 2.45) is 0 Å². The lowest BCUT2D eigenvalue weighted by Crippen LogP contribution is -2.15. The van der Waals surface area contributed by atoms with Crippen LogP contribution < -0.4 is 5.32 Å². The van der Waals surface area contributed by atoms with Gasteiger partial charge in [0.25, 0.3) is 0 Å². The first kappa shape index (κ1) is 14.7. The highest BCUT2D eigenvalue weighted by Crippen LogP contribution is 2.27. The molecule has 0 atom stereocenters. The van der Waals surface area contributed by atoms with Gasteiger partial charge in [0.15, 0.2) is 0 Å². The van der Waals surface area contributed by atoms with Crippen molar-refractivity contribution in [1.29, 1.82) is 0 Å². The van der Waals surface area contributed by atoms with E-state index in [0.717, 1.165) is 12.1 Å². The molecule has 0 bridgehead atoms. The van der Waals surface area contributed by atoms with Gasteiger partial charge in [0.05, 0.1) is 6.54 Å². The summed E-state index contributed by atoms with van der Waals surface area (Å²) in [6.07, 6.45) is 4.65. The number of nitrogens with zero attached hydrogens (tertiary/aromatic N) is 1. The number of fused-ring (bicyclic) bond motifs is 1. The zero-order chi connectivity index (χ0) is 15.8. The van der Waals surface area contributed by atoms with Crippen LogP contribution in [0, 0.1) is 5.82 Å². The lowest BCUT2D eigenvalue weighted by atomic mass is 10.2. The van der Waals surface area contributed by atoms with E-state index < -0.39 is 0 Å². The van der Waals surface area contributed by atoms with Crippen LogP contribution in [0.2, 0.25) is 5.02 Å². The average Bonchev–Trinajstić information content (AvgIpc) is 3.32. The van der Waals surface area contributed by atoms with Crippen molar-refractivity contribution in [3.8, 4) is 0 Å². The Kier molecular flexibility index (Phi) is 3.83. The lowest BCUT2D eigenvalue weighted by Gasteiger charge is -2.08. The number of hydrogen-bond donors (Lipinski definition) is 1. The third-order valence-corrected chi connectivity index (χ3v) is 4.77. The van der Waals surface area contributed by atoms with Crippen LogP contribution in [0.1, 0.15) is 24.0 Å². The van der Waals surface area contributed by atoms with Gasteiger partial charge in [0.2, 0.25) is 0 Å². The topological polar surface area (TPSA) is 17.0 Å². The predicted octanol–water partition coefficient (Wildman–Crippen LogP) is 4.73. The number of rotatable bonds is 5. The molecule has 1 saturated carbocycles. The van der Waals surface area contributed by atoms with E-state index in [1.807, 2.05) is 12.1 Å². The summed E-state index contributed by atoms with van der Waals surface area (Å²) in [5.74, 6) is -0.257. The molecule has 1 heterocycles. The first-order chi connectivity index (χ1) is 11.2. The minimum Gasteiger partial charge on any atom is -0.343 e. The highest BCUT2D eigenvalue weighted by atomic mass is 35.5. The average molecular weight is 329 g/mol. The van der Waals surface area contributed by atoms with Gasteiger partial charge < -0.3 is 9.88 Å². The van der Waals surface area contributed by atoms with Crippen molar-refractivity contribution in [3.63, 3.8) is 0 Å². The Morgan fingerprint density at radius 1 is 1.13 bits per heavy atom. The van der Waals surface area contributed by atoms with Gasteiger partial charge in [-0.05, 0) is 36.6 Å². The molecule has 0 amide bonds. The zero-order valence-corrected chi connectivity index (χ0v) is 13.5. The molecule has 0 spiro atoms. The molecule has 2 aromatic carbocycles. The van der Waals surface area contributed by atoms with Crippen molar-refractivity contribution >= 4 is 22.5 Å². The molecule has 0 radical (unpaired) electrons. The molecule has 2 nitrogen and oxygen atoms in total. The van der Waals surface area contributed by atoms with Crippen molar-refractivity contribution in [2.45, 2.75) is 32.0 Å². The molecule has 4 rings (SSSR count). The van der Waals surface area contributed by atoms with Crippen LogP contribution in [0.5, 0.6) is 0 Å². The molecule has 0 unspecified atom stereocenters. The van der Waals surface area contributed by atoms with Crippen molar-refractivity contribution < 1.29 is 4.39 Å². The smallest absolute Gasteiger partial charge is 0.129 e. The van der Waals surface area contributed by atoms with Gasteiger partial charge in [-0.15, -0.1) is 0 Å². The van der Waals surface area contributed by atoms with E-state index in [0.29, 0.717) is 23.2 Å². The van der Waals surface area contributed by atoms with Crippen LogP contribution >= 0.6 is 11.6 Å². The number of para-hydroxylation sites is 1. The quantitative estimate of drug-likeness (QED) is 0.716. The van der Waals surface area contributed by atoms with Crippen LogP contribution in [0.15, 0.2) is 48.7 Å². The molecular weight excluding hydrogens is 311 g/mol. The SMILES string of the molecule is Fc1cccc(Cl)c1Cn1cc(CNC2CC2)c2ccccc21. The summed E-state index contributed by atoms with van der Waals surface area (Å²) in [7, 11) is 0. The Bertz CT molecular complexity index is 831. The number of halogens is 2. The van der Waals surface area contributed by atoms with Gasteiger partial charge in [-0.3, -0.25) is 0 Å². The summed E-state index contributed by atoms with van der Waals surface area (Å²) in [4.78, 5) is 0. The number of hydrogen-bond acceptors (Lipinski definition) is 1. The number of nitrogens with one attached hydrogen (secondary N) is 1. The first-order valence-corrected chi connectivity index (χ1v) is 8.33. The monoisotopic (exact) mass is 328 g/mol. The van der Waals surface area contributed by atoms with Gasteiger partial charge in [0.1, 0.15) is 5.82 Å². The van der Waals surface area contributed by atoms with Gasteiger partial charge in [-0.2, -0.15) is 0 Å². The summed E-state index contributed by atoms with van der Waals surface area (Å²) in [5.41, 5.74) is 2.90. The van der Waals surface area contributed by atoms with E-state index in [2.05, 4.69) is 28.2 Å². The fourth-order valence-corrected chi connectivity index (χ4v) is 3.21. The standard InChI is InChI=1S/C19H18ClFN2/c20-17-5-3-6-18(21)16(17)12-23-11-13(10-22-14-8-9-14)15-4-1-2-7-19(15)23/h1-7,11,14,22H,8-10,12H2. The van der Waals surface area contributed by atoms with Crippen LogP contribution in [0.25, 0.3) is 10.9 Å². The lowest BCUT2D eigenvalue weighted by molar-refractivity contribution is 0.601. The molecule has 23 heavy (non-hydrogen) atoms. The van der Waals surface area contributed by atoms with E-state index in [1.54, 1.807) is 12.1 Å². The second kappa shape index (κ2) is 5.99. The van der Waals surface area contributed by atoms with Gasteiger partial charge in [-0.25, -0.2) is 4.39 Å². The van der Waals surface area contributed by atoms with Crippen molar-refractivity contribution in [3.05, 3.63) is 70.6 Å². The zero-order valence-electron chi connectivity index (χ0n) is 12.7. The summed E-state index contributed by atoms with van der Waals surface area (Å²) in [6.45, 7) is 1.29. The van der Waals surface area contributed by atoms with Crippen molar-refractivity contribution in [2.75, 3.05) is 0 Å². The molecule has 1 fully saturated rings. The van der Waals surface area contributed by atoms with Crippen LogP contribution in [-0.2, 0) is 13.1 Å². The predicted molar refractivity (Wildman–Crippen MR) is 92.3 cm³/mol. The molecule has 0 aliphatic heterocycles. The highest BCUT2D eigenvalue weighted by Gasteiger charge is 2.21. The number of aromatic nitrogens is 1. The van der Waals surface area contributed by atoms with E-state index in [1.165, 1.54) is 29.9 Å². The molecular formula is C19H18ClFN2. The minimum absolute atomic E-state index is 0.257. The maximum absolute atomic E-state index is 14.1. The fraction of sp³-hybridized carbons (Fsp3) is 0.263. The second-order valence-corrected chi connectivity index (χ2v) is 6.56. The fourth-order valence-electron chi connectivity index (χ4n) is 2.99. The molecule has 1 aliphatic carbocycles. The largest absolute Gasteiger partial charge is 0.343 e. The summed E-state index contributed by atoms with van der Waals surface area (Å²) < 4.78 is 16.2. The van der Waals surface area contributed by atoms with E-state index >= 15 is 0 Å². The minimum atomic E-state index is -0.257. The molecule has 1 aliphatic rings. The molecule has 3 aromatic rings. The molecule has 0 saturated heterocycles. The third-order valence-electron chi connectivity index (χ3n) is 4.42. The number of benzene rings is 2. The van der Waals surface area contributed by atoms with E-state index in [9.17, 15) is 4.39 Å². The maximum Gasteiger partial charge on any atom is 0.129 e. The van der Waals surface area contributed by atoms with Gasteiger partial charge in [-0.1, -0.05) is 35.9 Å². The molecule has 1 aromatic heterocycles. The summed E-state index contributed by atoms with van der Waals surface area (Å²) >= 11 is 6.18. The van der Waals surface area contributed by atoms with E-state index in [4.69, 9.17) is 11.6 Å². The van der Waals surface area contributed by atoms with Gasteiger partial charge >= 0.3 is 0 Å². The Morgan fingerprint density at radius 3 is 2.74 bits per heavy atom. The Balaban J connectivity index is 1.71. The highest BCUT2D eigenvalue weighted by molar-refractivity contribution is 6.31. The third kappa shape index (κ3) is 2.99. The van der Waals surface area contributed by atoms with Crippen LogP contribution in [0.4, 0.5) is 4.39 Å². The first-order valence-electron chi connectivity index (χ1n) is 7.95. The maximum atomic E-state index is 14.1.